The van der Waals surface area contributed by atoms with Crippen LogP contribution >= 0.6 is 0 Å². The highest BCUT2D eigenvalue weighted by Gasteiger charge is 2.38. The first-order chi connectivity index (χ1) is 15.7. The van der Waals surface area contributed by atoms with Crippen LogP contribution in [0.15, 0.2) is 59.4 Å². The van der Waals surface area contributed by atoms with Crippen LogP contribution in [-0.2, 0) is 31.5 Å². The number of anilines is 2. The second-order valence-corrected chi connectivity index (χ2v) is 7.07. The minimum absolute atomic E-state index is 0.0805. The van der Waals surface area contributed by atoms with Gasteiger partial charge in [-0.25, -0.2) is 4.98 Å². The lowest BCUT2D eigenvalue weighted by atomic mass is 10.1. The number of alkyl halides is 9. The molecule has 2 aromatic carbocycles. The highest BCUT2D eigenvalue weighted by Crippen LogP contribution is 2.40. The predicted octanol–water partition coefficient (Wildman–Crippen LogP) is 6.29. The summed E-state index contributed by atoms with van der Waals surface area (Å²) in [5.41, 5.74) is -6.58. The Kier molecular flexibility index (Phi) is 6.67. The number of halogens is 9. The quantitative estimate of drug-likeness (QED) is 0.424. The summed E-state index contributed by atoms with van der Waals surface area (Å²) in [6.45, 7) is -0.309. The Morgan fingerprint density at radius 3 is 2.00 bits per heavy atom. The van der Waals surface area contributed by atoms with E-state index in [0.717, 1.165) is 0 Å². The van der Waals surface area contributed by atoms with Crippen molar-refractivity contribution in [2.75, 3.05) is 5.32 Å². The van der Waals surface area contributed by atoms with E-state index in [1.54, 1.807) is 30.3 Å². The van der Waals surface area contributed by atoms with Crippen molar-refractivity contribution in [3.05, 3.63) is 87.3 Å². The van der Waals surface area contributed by atoms with Crippen LogP contribution in [0, 0.1) is 0 Å². The summed E-state index contributed by atoms with van der Waals surface area (Å²) in [7, 11) is 0. The zero-order chi connectivity index (χ0) is 25.3. The topological polar surface area (TPSA) is 46.9 Å². The maximum absolute atomic E-state index is 13.4. The normalized spacial score (nSPS) is 12.6. The van der Waals surface area contributed by atoms with Gasteiger partial charge in [0.1, 0.15) is 0 Å². The second kappa shape index (κ2) is 9.03. The smallest absolute Gasteiger partial charge is 0.325 e. The fourth-order valence-corrected chi connectivity index (χ4v) is 3.04. The lowest BCUT2D eigenvalue weighted by Gasteiger charge is -2.20. The Balaban J connectivity index is 2.14. The first-order valence-electron chi connectivity index (χ1n) is 9.45. The summed E-state index contributed by atoms with van der Waals surface area (Å²) in [6, 6.07) is 8.87. The van der Waals surface area contributed by atoms with Crippen LogP contribution in [0.25, 0.3) is 0 Å². The molecular weight excluding hydrogens is 481 g/mol. The van der Waals surface area contributed by atoms with Gasteiger partial charge in [-0.05, 0) is 30.2 Å². The van der Waals surface area contributed by atoms with E-state index in [1.165, 1.54) is 0 Å². The van der Waals surface area contributed by atoms with Crippen molar-refractivity contribution >= 4 is 11.6 Å². The van der Waals surface area contributed by atoms with E-state index in [2.05, 4.69) is 4.98 Å². The lowest BCUT2D eigenvalue weighted by Crippen LogP contribution is -2.28. The van der Waals surface area contributed by atoms with Gasteiger partial charge < -0.3 is 5.32 Å². The van der Waals surface area contributed by atoms with Crippen molar-refractivity contribution in [1.29, 1.82) is 0 Å². The molecule has 0 bridgehead atoms. The lowest BCUT2D eigenvalue weighted by molar-refractivity contribution is -0.141. The molecule has 0 aliphatic heterocycles. The molecule has 0 aliphatic rings. The maximum Gasteiger partial charge on any atom is 0.433 e. The third-order valence-corrected chi connectivity index (χ3v) is 4.66. The van der Waals surface area contributed by atoms with Crippen LogP contribution in [0.4, 0.5) is 51.1 Å². The molecule has 182 valence electrons. The van der Waals surface area contributed by atoms with Gasteiger partial charge in [-0.2, -0.15) is 39.5 Å². The molecule has 0 saturated carbocycles. The monoisotopic (exact) mass is 495 g/mol. The van der Waals surface area contributed by atoms with Crippen LogP contribution < -0.4 is 10.9 Å². The van der Waals surface area contributed by atoms with Crippen LogP contribution in [-0.4, -0.2) is 9.55 Å². The number of hydrogen-bond donors (Lipinski definition) is 1. The Labute approximate surface area is 185 Å². The Morgan fingerprint density at radius 1 is 0.794 bits per heavy atom. The highest BCUT2D eigenvalue weighted by atomic mass is 19.4. The molecule has 0 aliphatic carbocycles. The van der Waals surface area contributed by atoms with E-state index in [4.69, 9.17) is 0 Å². The molecule has 3 aromatic rings. The molecular formula is C21H14F9N3O. The molecule has 3 rings (SSSR count). The van der Waals surface area contributed by atoms with Crippen LogP contribution in [0.5, 0.6) is 0 Å². The summed E-state index contributed by atoms with van der Waals surface area (Å²) < 4.78 is 120. The summed E-state index contributed by atoms with van der Waals surface area (Å²) in [5, 5.41) is 1.88. The van der Waals surface area contributed by atoms with Crippen molar-refractivity contribution in [2.45, 2.75) is 31.5 Å². The van der Waals surface area contributed by atoms with Gasteiger partial charge >= 0.3 is 18.5 Å². The number of aromatic nitrogens is 2. The molecule has 1 heterocycles. The summed E-state index contributed by atoms with van der Waals surface area (Å²) in [4.78, 5) is 15.6. The maximum atomic E-state index is 13.4. The fourth-order valence-electron chi connectivity index (χ4n) is 3.04. The van der Waals surface area contributed by atoms with Gasteiger partial charge in [-0.1, -0.05) is 30.3 Å². The van der Waals surface area contributed by atoms with Crippen LogP contribution in [0.3, 0.4) is 0 Å². The molecule has 0 saturated heterocycles. The molecule has 4 nitrogen and oxygen atoms in total. The standard InChI is InChI=1S/C21H14F9N3O/c22-19(23,24)13-6-7-14(20(25,26)27)15(10-13)31-18-32-16(21(28,29)30)11-17(34)33(18)9-8-12-4-2-1-3-5-12/h1-7,10-11H,8-9H2,(H,31,32). The zero-order valence-corrected chi connectivity index (χ0v) is 16.8. The predicted molar refractivity (Wildman–Crippen MR) is 103 cm³/mol. The van der Waals surface area contributed by atoms with Gasteiger partial charge in [-0.15, -0.1) is 0 Å². The average Bonchev–Trinajstić information content (AvgIpc) is 2.71. The van der Waals surface area contributed by atoms with Crippen molar-refractivity contribution in [3.63, 3.8) is 0 Å². The van der Waals surface area contributed by atoms with Gasteiger partial charge in [0, 0.05) is 12.6 Å². The minimum Gasteiger partial charge on any atom is -0.325 e. The van der Waals surface area contributed by atoms with Gasteiger partial charge in [0.2, 0.25) is 5.95 Å². The molecule has 0 radical (unpaired) electrons. The van der Waals surface area contributed by atoms with Crippen LogP contribution in [0.2, 0.25) is 0 Å². The van der Waals surface area contributed by atoms with Gasteiger partial charge in [-0.3, -0.25) is 9.36 Å². The summed E-state index contributed by atoms with van der Waals surface area (Å²) >= 11 is 0. The number of aryl methyl sites for hydroxylation is 1. The zero-order valence-electron chi connectivity index (χ0n) is 16.8. The van der Waals surface area contributed by atoms with Gasteiger partial charge in [0.15, 0.2) is 5.69 Å². The van der Waals surface area contributed by atoms with Crippen LogP contribution in [0.1, 0.15) is 22.4 Å². The third kappa shape index (κ3) is 5.88. The number of hydrogen-bond acceptors (Lipinski definition) is 3. The SMILES string of the molecule is O=c1cc(C(F)(F)F)nc(Nc2cc(C(F)(F)F)ccc2C(F)(F)F)n1CCc1ccccc1. The van der Waals surface area contributed by atoms with Crippen molar-refractivity contribution in [1.82, 2.24) is 9.55 Å². The fraction of sp³-hybridized carbons (Fsp3) is 0.238. The van der Waals surface area contributed by atoms with Gasteiger partial charge in [0.05, 0.1) is 16.8 Å². The molecule has 1 aromatic heterocycles. The van der Waals surface area contributed by atoms with E-state index in [-0.39, 0.29) is 37.2 Å². The summed E-state index contributed by atoms with van der Waals surface area (Å²) in [5.74, 6) is -0.986. The van der Waals surface area contributed by atoms with E-state index in [9.17, 15) is 44.3 Å². The Bertz CT molecular complexity index is 1210. The second-order valence-electron chi connectivity index (χ2n) is 7.07. The molecule has 0 unspecified atom stereocenters. The van der Waals surface area contributed by atoms with E-state index in [0.29, 0.717) is 10.1 Å². The molecule has 0 atom stereocenters. The van der Waals surface area contributed by atoms with E-state index < -0.39 is 52.5 Å². The van der Waals surface area contributed by atoms with Gasteiger partial charge in [0.25, 0.3) is 5.56 Å². The molecule has 1 N–H and O–H groups in total. The first-order valence-corrected chi connectivity index (χ1v) is 9.45. The molecule has 13 heteroatoms. The van der Waals surface area contributed by atoms with Crippen molar-refractivity contribution in [3.8, 4) is 0 Å². The Morgan fingerprint density at radius 2 is 1.44 bits per heavy atom. The van der Waals surface area contributed by atoms with Crippen molar-refractivity contribution < 1.29 is 39.5 Å². The number of rotatable bonds is 5. The highest BCUT2D eigenvalue weighted by molar-refractivity contribution is 5.61. The average molecular weight is 495 g/mol. The first kappa shape index (κ1) is 25.1. The van der Waals surface area contributed by atoms with E-state index >= 15 is 0 Å². The summed E-state index contributed by atoms with van der Waals surface area (Å²) in [6.07, 6.45) is -15.2. The third-order valence-electron chi connectivity index (χ3n) is 4.66. The minimum atomic E-state index is -5.15. The molecule has 0 amide bonds. The molecule has 0 spiro atoms. The Hall–Kier alpha value is -3.51. The number of nitrogens with zero attached hydrogens (tertiary/aromatic N) is 2. The largest absolute Gasteiger partial charge is 0.433 e. The van der Waals surface area contributed by atoms with Crippen molar-refractivity contribution in [2.24, 2.45) is 0 Å². The number of nitrogens with one attached hydrogen (secondary N) is 1. The van der Waals surface area contributed by atoms with E-state index in [1.807, 2.05) is 5.32 Å². The number of benzene rings is 2. The molecule has 0 fully saturated rings. The molecule has 34 heavy (non-hydrogen) atoms.